The Morgan fingerprint density at radius 2 is 1.79 bits per heavy atom. The second kappa shape index (κ2) is 4.79. The minimum absolute atomic E-state index is 0.268. The first kappa shape index (κ1) is 13.2. The molecule has 1 atom stereocenters. The fourth-order valence-electron chi connectivity index (χ4n) is 2.18. The Hall–Kier alpha value is -2.24. The quantitative estimate of drug-likeness (QED) is 0.771. The number of hydrogen-bond acceptors (Lipinski definition) is 4. The minimum Gasteiger partial charge on any atom is -0.497 e. The van der Waals surface area contributed by atoms with Crippen molar-refractivity contribution in [1.29, 1.82) is 0 Å². The molecule has 1 aromatic carbocycles. The van der Waals surface area contributed by atoms with Gasteiger partial charge in [0.1, 0.15) is 17.5 Å². The number of ether oxygens (including phenoxy) is 2. The average molecular weight is 264 g/mol. The van der Waals surface area contributed by atoms with E-state index in [0.717, 1.165) is 4.90 Å². The highest BCUT2D eigenvalue weighted by Crippen LogP contribution is 2.36. The summed E-state index contributed by atoms with van der Waals surface area (Å²) < 4.78 is 10.4. The predicted molar refractivity (Wildman–Crippen MR) is 68.2 cm³/mol. The van der Waals surface area contributed by atoms with Crippen LogP contribution in [0.15, 0.2) is 18.2 Å². The average Bonchev–Trinajstić information content (AvgIpc) is 2.62. The van der Waals surface area contributed by atoms with Crippen LogP contribution in [0, 0.1) is 0 Å². The van der Waals surface area contributed by atoms with Crippen molar-refractivity contribution in [2.24, 2.45) is 0 Å². The number of methoxy groups -OCH3 is 2. The second-order valence-electron chi connectivity index (χ2n) is 4.30. The molecule has 102 valence electrons. The Kier molecular flexibility index (Phi) is 3.33. The maximum Gasteiger partial charge on any atom is 0.327 e. The number of amides is 3. The predicted octanol–water partition coefficient (Wildman–Crippen LogP) is 1.27. The standard InChI is InChI=1S/C13H16N2O4/c1-14-11(12(16)15(2)13(14)17)9-6-5-8(18-3)7-10(9)19-4/h5-7,11H,1-4H3. The van der Waals surface area contributed by atoms with Gasteiger partial charge in [-0.2, -0.15) is 0 Å². The van der Waals surface area contributed by atoms with E-state index in [0.29, 0.717) is 17.1 Å². The number of nitrogens with zero attached hydrogens (tertiary/aromatic N) is 2. The lowest BCUT2D eigenvalue weighted by Crippen LogP contribution is -2.27. The molecule has 0 saturated carbocycles. The fourth-order valence-corrected chi connectivity index (χ4v) is 2.18. The van der Waals surface area contributed by atoms with Crippen molar-refractivity contribution in [2.75, 3.05) is 28.3 Å². The molecule has 19 heavy (non-hydrogen) atoms. The molecule has 0 bridgehead atoms. The highest BCUT2D eigenvalue weighted by Gasteiger charge is 2.43. The van der Waals surface area contributed by atoms with E-state index in [1.54, 1.807) is 32.4 Å². The number of urea groups is 1. The molecule has 1 heterocycles. The van der Waals surface area contributed by atoms with Gasteiger partial charge in [0.25, 0.3) is 5.91 Å². The molecule has 2 rings (SSSR count). The molecule has 0 aliphatic carbocycles. The summed E-state index contributed by atoms with van der Waals surface area (Å²) in [5, 5.41) is 0. The smallest absolute Gasteiger partial charge is 0.327 e. The van der Waals surface area contributed by atoms with Crippen LogP contribution in [-0.2, 0) is 4.79 Å². The van der Waals surface area contributed by atoms with E-state index in [-0.39, 0.29) is 11.9 Å². The summed E-state index contributed by atoms with van der Waals surface area (Å²) in [6.45, 7) is 0. The summed E-state index contributed by atoms with van der Waals surface area (Å²) in [5.74, 6) is 0.886. The van der Waals surface area contributed by atoms with Gasteiger partial charge in [0.2, 0.25) is 0 Å². The Morgan fingerprint density at radius 1 is 1.11 bits per heavy atom. The van der Waals surface area contributed by atoms with E-state index < -0.39 is 6.04 Å². The summed E-state index contributed by atoms with van der Waals surface area (Å²) >= 11 is 0. The third kappa shape index (κ3) is 1.99. The molecule has 1 aliphatic heterocycles. The number of rotatable bonds is 3. The molecule has 1 saturated heterocycles. The van der Waals surface area contributed by atoms with E-state index in [1.807, 2.05) is 0 Å². The summed E-state index contributed by atoms with van der Waals surface area (Å²) in [6, 6.07) is 4.19. The zero-order chi connectivity index (χ0) is 14.2. The monoisotopic (exact) mass is 264 g/mol. The largest absolute Gasteiger partial charge is 0.497 e. The van der Waals surface area contributed by atoms with E-state index >= 15 is 0 Å². The number of carbonyl (C=O) groups excluding carboxylic acids is 2. The molecule has 6 nitrogen and oxygen atoms in total. The van der Waals surface area contributed by atoms with Gasteiger partial charge in [0.05, 0.1) is 14.2 Å². The molecular formula is C13H16N2O4. The van der Waals surface area contributed by atoms with E-state index in [1.165, 1.54) is 19.1 Å². The van der Waals surface area contributed by atoms with Crippen molar-refractivity contribution in [2.45, 2.75) is 6.04 Å². The molecule has 6 heteroatoms. The lowest BCUT2D eigenvalue weighted by atomic mass is 10.0. The summed E-state index contributed by atoms with van der Waals surface area (Å²) in [4.78, 5) is 26.4. The van der Waals surface area contributed by atoms with Crippen molar-refractivity contribution in [3.05, 3.63) is 23.8 Å². The molecule has 1 fully saturated rings. The first-order chi connectivity index (χ1) is 9.01. The molecule has 0 aromatic heterocycles. The van der Waals surface area contributed by atoms with Crippen LogP contribution < -0.4 is 9.47 Å². The van der Waals surface area contributed by atoms with Crippen molar-refractivity contribution in [1.82, 2.24) is 9.80 Å². The van der Waals surface area contributed by atoms with E-state index in [4.69, 9.17) is 9.47 Å². The number of imide groups is 1. The maximum atomic E-state index is 12.1. The summed E-state index contributed by atoms with van der Waals surface area (Å²) in [6.07, 6.45) is 0. The fraction of sp³-hybridized carbons (Fsp3) is 0.385. The van der Waals surface area contributed by atoms with Crippen LogP contribution in [0.25, 0.3) is 0 Å². The zero-order valence-corrected chi connectivity index (χ0v) is 11.3. The van der Waals surface area contributed by atoms with E-state index in [2.05, 4.69) is 0 Å². The maximum absolute atomic E-state index is 12.1. The molecule has 1 unspecified atom stereocenters. The third-order valence-corrected chi connectivity index (χ3v) is 3.28. The Balaban J connectivity index is 2.47. The minimum atomic E-state index is -0.654. The van der Waals surface area contributed by atoms with Gasteiger partial charge in [-0.15, -0.1) is 0 Å². The van der Waals surface area contributed by atoms with Crippen LogP contribution in [0.5, 0.6) is 11.5 Å². The van der Waals surface area contributed by atoms with Crippen LogP contribution >= 0.6 is 0 Å². The topological polar surface area (TPSA) is 59.1 Å². The van der Waals surface area contributed by atoms with Crippen molar-refractivity contribution in [3.63, 3.8) is 0 Å². The Bertz CT molecular complexity index is 529. The van der Waals surface area contributed by atoms with Crippen LogP contribution in [0.2, 0.25) is 0 Å². The van der Waals surface area contributed by atoms with Crippen LogP contribution in [-0.4, -0.2) is 50.1 Å². The summed E-state index contributed by atoms with van der Waals surface area (Å²) in [5.41, 5.74) is 0.647. The lowest BCUT2D eigenvalue weighted by molar-refractivity contribution is -0.127. The zero-order valence-electron chi connectivity index (χ0n) is 11.3. The molecular weight excluding hydrogens is 248 g/mol. The number of likely N-dealkylation sites (N-methyl/N-ethyl adjacent to an activating group) is 2. The Morgan fingerprint density at radius 3 is 2.26 bits per heavy atom. The molecule has 1 aliphatic rings. The number of carbonyl (C=O) groups is 2. The normalized spacial score (nSPS) is 19.1. The van der Waals surface area contributed by atoms with Crippen LogP contribution in [0.3, 0.4) is 0 Å². The van der Waals surface area contributed by atoms with Crippen molar-refractivity contribution >= 4 is 11.9 Å². The van der Waals surface area contributed by atoms with Crippen molar-refractivity contribution < 1.29 is 19.1 Å². The van der Waals surface area contributed by atoms with Gasteiger partial charge in [-0.3, -0.25) is 9.69 Å². The van der Waals surface area contributed by atoms with Gasteiger partial charge < -0.3 is 14.4 Å². The van der Waals surface area contributed by atoms with Gasteiger partial charge >= 0.3 is 6.03 Å². The number of hydrogen-bond donors (Lipinski definition) is 0. The van der Waals surface area contributed by atoms with Crippen LogP contribution in [0.4, 0.5) is 4.79 Å². The van der Waals surface area contributed by atoms with Gasteiger partial charge in [0, 0.05) is 25.7 Å². The van der Waals surface area contributed by atoms with Crippen molar-refractivity contribution in [3.8, 4) is 11.5 Å². The second-order valence-corrected chi connectivity index (χ2v) is 4.30. The highest BCUT2D eigenvalue weighted by atomic mass is 16.5. The molecule has 3 amide bonds. The summed E-state index contributed by atoms with van der Waals surface area (Å²) in [7, 11) is 6.14. The lowest BCUT2D eigenvalue weighted by Gasteiger charge is -2.19. The van der Waals surface area contributed by atoms with Gasteiger partial charge in [0.15, 0.2) is 0 Å². The highest BCUT2D eigenvalue weighted by molar-refractivity contribution is 6.04. The first-order valence-corrected chi connectivity index (χ1v) is 5.77. The molecule has 0 spiro atoms. The van der Waals surface area contributed by atoms with Gasteiger partial charge in [-0.25, -0.2) is 4.79 Å². The van der Waals surface area contributed by atoms with Crippen LogP contribution in [0.1, 0.15) is 11.6 Å². The first-order valence-electron chi connectivity index (χ1n) is 5.77. The SMILES string of the molecule is COc1ccc(C2C(=O)N(C)C(=O)N2C)c(OC)c1. The number of benzene rings is 1. The van der Waals surface area contributed by atoms with E-state index in [9.17, 15) is 9.59 Å². The van der Waals surface area contributed by atoms with Gasteiger partial charge in [-0.1, -0.05) is 0 Å². The molecule has 0 N–H and O–H groups in total. The molecule has 0 radical (unpaired) electrons. The third-order valence-electron chi connectivity index (χ3n) is 3.28. The van der Waals surface area contributed by atoms with Gasteiger partial charge in [-0.05, 0) is 12.1 Å². The molecule has 1 aromatic rings. The Labute approximate surface area is 111 Å².